The summed E-state index contributed by atoms with van der Waals surface area (Å²) in [6, 6.07) is 3.25. The highest BCUT2D eigenvalue weighted by Gasteiger charge is 2.38. The molecule has 0 radical (unpaired) electrons. The molecule has 5 nitrogen and oxygen atoms in total. The maximum Gasteiger partial charge on any atom is 0.316 e. The molecule has 0 saturated carbocycles. The molecule has 0 amide bonds. The van der Waals surface area contributed by atoms with E-state index in [1.165, 1.54) is 20.8 Å². The van der Waals surface area contributed by atoms with Crippen molar-refractivity contribution in [2.75, 3.05) is 6.61 Å². The highest BCUT2D eigenvalue weighted by Crippen LogP contribution is 2.31. The molecule has 0 aromatic carbocycles. The average Bonchev–Trinajstić information content (AvgIpc) is 2.24. The topological polar surface area (TPSA) is 90.9 Å². The Labute approximate surface area is 100 Å². The van der Waals surface area contributed by atoms with Gasteiger partial charge in [0.15, 0.2) is 5.78 Å². The van der Waals surface area contributed by atoms with Crippen molar-refractivity contribution in [3.05, 3.63) is 11.1 Å². The van der Waals surface area contributed by atoms with Crippen LogP contribution in [0.2, 0.25) is 0 Å². The van der Waals surface area contributed by atoms with E-state index in [1.54, 1.807) is 19.1 Å². The van der Waals surface area contributed by atoms with Gasteiger partial charge < -0.3 is 4.74 Å². The maximum absolute atomic E-state index is 11.7. The summed E-state index contributed by atoms with van der Waals surface area (Å²) in [7, 11) is 0. The lowest BCUT2D eigenvalue weighted by atomic mass is 9.79. The number of hydrogen-bond acceptors (Lipinski definition) is 5. The molecule has 0 aliphatic heterocycles. The highest BCUT2D eigenvalue weighted by atomic mass is 16.5. The molecule has 0 unspecified atom stereocenters. The molecule has 0 N–H and O–H groups in total. The van der Waals surface area contributed by atoms with E-state index in [9.17, 15) is 9.59 Å². The number of esters is 1. The Morgan fingerprint density at radius 1 is 1.24 bits per heavy atom. The number of ether oxygens (including phenoxy) is 1. The Kier molecular flexibility index (Phi) is 5.08. The Bertz CT molecular complexity index is 431. The summed E-state index contributed by atoms with van der Waals surface area (Å²) in [6.07, 6.45) is 0. The normalized spacial score (nSPS) is 9.76. The predicted molar refractivity (Wildman–Crippen MR) is 59.3 cm³/mol. The first-order chi connectivity index (χ1) is 7.82. The molecule has 17 heavy (non-hydrogen) atoms. The first-order valence-electron chi connectivity index (χ1n) is 5.06. The number of nitriles is 2. The lowest BCUT2D eigenvalue weighted by molar-refractivity contribution is -0.152. The quantitative estimate of drug-likeness (QED) is 0.417. The summed E-state index contributed by atoms with van der Waals surface area (Å²) < 4.78 is 4.83. The van der Waals surface area contributed by atoms with Crippen LogP contribution in [0.4, 0.5) is 0 Å². The summed E-state index contributed by atoms with van der Waals surface area (Å²) in [5.41, 5.74) is -1.76. The lowest BCUT2D eigenvalue weighted by Crippen LogP contribution is -2.32. The van der Waals surface area contributed by atoms with Crippen molar-refractivity contribution in [1.29, 1.82) is 10.5 Å². The second-order valence-corrected chi connectivity index (χ2v) is 3.88. The fraction of sp³-hybridized carbons (Fsp3) is 0.500. The monoisotopic (exact) mass is 234 g/mol. The first-order valence-corrected chi connectivity index (χ1v) is 5.06. The van der Waals surface area contributed by atoms with E-state index < -0.39 is 17.2 Å². The summed E-state index contributed by atoms with van der Waals surface area (Å²) in [5, 5.41) is 17.6. The van der Waals surface area contributed by atoms with E-state index >= 15 is 0 Å². The lowest BCUT2D eigenvalue weighted by Gasteiger charge is -2.23. The van der Waals surface area contributed by atoms with Gasteiger partial charge in [0.25, 0.3) is 0 Å². The van der Waals surface area contributed by atoms with Gasteiger partial charge in [0.2, 0.25) is 0 Å². The van der Waals surface area contributed by atoms with Gasteiger partial charge in [-0.05, 0) is 27.7 Å². The van der Waals surface area contributed by atoms with E-state index in [0.29, 0.717) is 0 Å². The van der Waals surface area contributed by atoms with E-state index in [2.05, 4.69) is 0 Å². The van der Waals surface area contributed by atoms with Crippen molar-refractivity contribution >= 4 is 11.8 Å². The van der Waals surface area contributed by atoms with Crippen molar-refractivity contribution < 1.29 is 14.3 Å². The number of hydrogen-bond donors (Lipinski definition) is 0. The molecule has 0 heterocycles. The third-order valence-electron chi connectivity index (χ3n) is 2.24. The minimum atomic E-state index is -1.30. The van der Waals surface area contributed by atoms with Gasteiger partial charge in [-0.3, -0.25) is 9.59 Å². The molecule has 0 bridgehead atoms. The SMILES string of the molecule is CCOC(=O)C(C)(C)C(C(C)=O)=C(C#N)C#N. The number of rotatable bonds is 4. The predicted octanol–water partition coefficient (Wildman–Crippen LogP) is 1.51. The molecular formula is C12H14N2O3. The van der Waals surface area contributed by atoms with Crippen molar-refractivity contribution in [2.45, 2.75) is 27.7 Å². The Balaban J connectivity index is 5.77. The minimum absolute atomic E-state index is 0.110. The molecule has 0 saturated heterocycles. The van der Waals surface area contributed by atoms with Crippen molar-refractivity contribution in [3.8, 4) is 12.1 Å². The van der Waals surface area contributed by atoms with Crippen LogP contribution in [-0.4, -0.2) is 18.4 Å². The van der Waals surface area contributed by atoms with Gasteiger partial charge in [0.1, 0.15) is 17.7 Å². The van der Waals surface area contributed by atoms with Crippen LogP contribution < -0.4 is 0 Å². The van der Waals surface area contributed by atoms with Gasteiger partial charge in [-0.2, -0.15) is 10.5 Å². The average molecular weight is 234 g/mol. The van der Waals surface area contributed by atoms with Gasteiger partial charge in [0, 0.05) is 5.57 Å². The zero-order valence-electron chi connectivity index (χ0n) is 10.3. The molecule has 0 atom stereocenters. The Morgan fingerprint density at radius 2 is 1.71 bits per heavy atom. The van der Waals surface area contributed by atoms with Crippen LogP contribution in [0.5, 0.6) is 0 Å². The molecule has 0 fully saturated rings. The molecule has 0 aliphatic rings. The molecular weight excluding hydrogens is 220 g/mol. The number of carbonyl (C=O) groups is 2. The fourth-order valence-electron chi connectivity index (χ4n) is 1.48. The standard InChI is InChI=1S/C12H14N2O3/c1-5-17-11(16)12(3,4)10(8(2)15)9(6-13)7-14/h5H2,1-4H3. The zero-order valence-corrected chi connectivity index (χ0v) is 10.3. The number of Topliss-reactive ketones (excluding diaryl/α,β-unsaturated/α-hetero) is 1. The van der Waals surface area contributed by atoms with Crippen molar-refractivity contribution in [3.63, 3.8) is 0 Å². The number of carbonyl (C=O) groups excluding carboxylic acids is 2. The Morgan fingerprint density at radius 3 is 2.00 bits per heavy atom. The summed E-state index contributed by atoms with van der Waals surface area (Å²) in [5.74, 6) is -1.12. The van der Waals surface area contributed by atoms with E-state index in [0.717, 1.165) is 0 Å². The summed E-state index contributed by atoms with van der Waals surface area (Å²) in [6.45, 7) is 5.93. The molecule has 0 aliphatic carbocycles. The highest BCUT2D eigenvalue weighted by molar-refractivity contribution is 6.02. The van der Waals surface area contributed by atoms with Gasteiger partial charge in [-0.25, -0.2) is 0 Å². The van der Waals surface area contributed by atoms with Crippen LogP contribution in [0.1, 0.15) is 27.7 Å². The third kappa shape index (κ3) is 3.15. The van der Waals surface area contributed by atoms with Crippen LogP contribution in [0.25, 0.3) is 0 Å². The van der Waals surface area contributed by atoms with Gasteiger partial charge in [-0.15, -0.1) is 0 Å². The number of allylic oxidation sites excluding steroid dienone is 1. The maximum atomic E-state index is 11.7. The van der Waals surface area contributed by atoms with Crippen LogP contribution in [0.3, 0.4) is 0 Å². The first kappa shape index (κ1) is 14.9. The molecule has 0 spiro atoms. The molecule has 0 rings (SSSR count). The molecule has 0 aromatic rings. The van der Waals surface area contributed by atoms with Crippen LogP contribution >= 0.6 is 0 Å². The number of nitrogens with zero attached hydrogens (tertiary/aromatic N) is 2. The second kappa shape index (κ2) is 5.81. The minimum Gasteiger partial charge on any atom is -0.465 e. The van der Waals surface area contributed by atoms with E-state index in [-0.39, 0.29) is 17.8 Å². The van der Waals surface area contributed by atoms with Crippen molar-refractivity contribution in [1.82, 2.24) is 0 Å². The summed E-state index contributed by atoms with van der Waals surface area (Å²) >= 11 is 0. The van der Waals surface area contributed by atoms with Gasteiger partial charge >= 0.3 is 5.97 Å². The zero-order chi connectivity index (χ0) is 13.6. The van der Waals surface area contributed by atoms with Crippen LogP contribution in [0.15, 0.2) is 11.1 Å². The molecule has 0 aromatic heterocycles. The van der Waals surface area contributed by atoms with Gasteiger partial charge in [0.05, 0.1) is 12.0 Å². The smallest absolute Gasteiger partial charge is 0.316 e. The third-order valence-corrected chi connectivity index (χ3v) is 2.24. The van der Waals surface area contributed by atoms with Crippen LogP contribution in [0, 0.1) is 28.1 Å². The van der Waals surface area contributed by atoms with Gasteiger partial charge in [-0.1, -0.05) is 0 Å². The van der Waals surface area contributed by atoms with E-state index in [1.807, 2.05) is 0 Å². The largest absolute Gasteiger partial charge is 0.465 e. The second-order valence-electron chi connectivity index (χ2n) is 3.88. The van der Waals surface area contributed by atoms with Crippen LogP contribution in [-0.2, 0) is 14.3 Å². The van der Waals surface area contributed by atoms with E-state index in [4.69, 9.17) is 15.3 Å². The summed E-state index contributed by atoms with van der Waals surface area (Å²) in [4.78, 5) is 23.2. The Hall–Kier alpha value is -2.14. The molecule has 90 valence electrons. The number of ketones is 1. The van der Waals surface area contributed by atoms with Crippen molar-refractivity contribution in [2.24, 2.45) is 5.41 Å². The fourth-order valence-corrected chi connectivity index (χ4v) is 1.48. The molecule has 5 heteroatoms.